The summed E-state index contributed by atoms with van der Waals surface area (Å²) in [6, 6.07) is 5.91. The summed E-state index contributed by atoms with van der Waals surface area (Å²) in [5.41, 5.74) is 5.24. The van der Waals surface area contributed by atoms with E-state index < -0.39 is 17.0 Å². The first-order valence-electron chi connectivity index (χ1n) is 8.97. The summed E-state index contributed by atoms with van der Waals surface area (Å²) in [4.78, 5) is 24.3. The van der Waals surface area contributed by atoms with Crippen LogP contribution in [0.25, 0.3) is 0 Å². The van der Waals surface area contributed by atoms with Crippen LogP contribution in [0.5, 0.6) is 0 Å². The van der Waals surface area contributed by atoms with E-state index in [9.17, 15) is 14.0 Å². The first-order valence-corrected chi connectivity index (χ1v) is 9.85. The van der Waals surface area contributed by atoms with Gasteiger partial charge in [0.05, 0.1) is 11.4 Å². The Morgan fingerprint density at radius 2 is 2.14 bits per heavy atom. The quantitative estimate of drug-likeness (QED) is 0.659. The summed E-state index contributed by atoms with van der Waals surface area (Å²) in [7, 11) is 0. The molecule has 3 N–H and O–H groups in total. The Balaban J connectivity index is 1.57. The third-order valence-corrected chi connectivity index (χ3v) is 5.35. The molecule has 0 bridgehead atoms. The molecule has 1 heterocycles. The summed E-state index contributed by atoms with van der Waals surface area (Å²) >= 11 is 1.18. The van der Waals surface area contributed by atoms with Gasteiger partial charge in [0.1, 0.15) is 11.1 Å². The Hall–Kier alpha value is -2.61. The fraction of sp³-hybridized carbons (Fsp3) is 0.350. The number of rotatable bonds is 5. The van der Waals surface area contributed by atoms with Crippen molar-refractivity contribution in [1.29, 1.82) is 0 Å². The van der Waals surface area contributed by atoms with Crippen molar-refractivity contribution in [2.45, 2.75) is 38.9 Å². The number of allylic oxidation sites excluding steroid dienone is 3. The number of benzene rings is 1. The van der Waals surface area contributed by atoms with Crippen LogP contribution in [-0.4, -0.2) is 22.2 Å². The molecule has 1 aromatic rings. The molecular weight excluding hydrogens is 379 g/mol. The monoisotopic (exact) mass is 402 g/mol. The zero-order valence-corrected chi connectivity index (χ0v) is 16.8. The van der Waals surface area contributed by atoms with Crippen LogP contribution in [0, 0.1) is 11.2 Å². The second kappa shape index (κ2) is 8.18. The van der Waals surface area contributed by atoms with Crippen molar-refractivity contribution in [3.8, 4) is 0 Å². The highest BCUT2D eigenvalue weighted by atomic mass is 32.2. The molecule has 2 amide bonds. The smallest absolute Gasteiger partial charge is 0.240 e. The van der Waals surface area contributed by atoms with Crippen LogP contribution in [0.4, 0.5) is 10.1 Å². The van der Waals surface area contributed by atoms with E-state index in [1.807, 2.05) is 6.08 Å². The Morgan fingerprint density at radius 1 is 1.39 bits per heavy atom. The van der Waals surface area contributed by atoms with Crippen LogP contribution in [0.15, 0.2) is 52.8 Å². The number of carbonyl (C=O) groups is 2. The first kappa shape index (κ1) is 20.1. The summed E-state index contributed by atoms with van der Waals surface area (Å²) in [5, 5.41) is 9.20. The molecule has 1 aliphatic heterocycles. The molecule has 0 radical (unpaired) electrons. The number of amides is 2. The van der Waals surface area contributed by atoms with Gasteiger partial charge in [-0.2, -0.15) is 0 Å². The van der Waals surface area contributed by atoms with E-state index in [0.717, 1.165) is 12.1 Å². The number of nitrogens with one attached hydrogen (secondary N) is 3. The lowest BCUT2D eigenvalue weighted by atomic mass is 9.82. The molecule has 1 atom stereocenters. The number of anilines is 1. The minimum atomic E-state index is -0.610. The number of hydrazone groups is 1. The Labute approximate surface area is 167 Å². The van der Waals surface area contributed by atoms with Crippen molar-refractivity contribution in [3.05, 3.63) is 53.5 Å². The maximum absolute atomic E-state index is 13.6. The van der Waals surface area contributed by atoms with Crippen molar-refractivity contribution in [3.63, 3.8) is 0 Å². The van der Waals surface area contributed by atoms with E-state index in [1.54, 1.807) is 12.1 Å². The standard InChI is InChI=1S/C20H23FN4O2S/c1-12-8-13(11-20(2,3)10-12)24-25-19-23-18(27)16(28-19)9-17(26)22-15-7-5-4-6-14(15)21/h4-8,11,16,24H,9-10H2,1-3H3,(H,22,26)(H,23,25,27)/t16-/m1/s1. The molecule has 0 unspecified atom stereocenters. The molecule has 3 rings (SSSR count). The fourth-order valence-electron chi connectivity index (χ4n) is 3.25. The predicted molar refractivity (Wildman–Crippen MR) is 110 cm³/mol. The molecule has 1 aromatic carbocycles. The predicted octanol–water partition coefficient (Wildman–Crippen LogP) is 3.51. The van der Waals surface area contributed by atoms with Gasteiger partial charge in [-0.3, -0.25) is 15.0 Å². The summed E-state index contributed by atoms with van der Waals surface area (Å²) in [5.74, 6) is -1.24. The van der Waals surface area contributed by atoms with Crippen molar-refractivity contribution >= 4 is 34.4 Å². The largest absolute Gasteiger partial charge is 0.324 e. The van der Waals surface area contributed by atoms with Crippen LogP contribution >= 0.6 is 11.8 Å². The molecule has 0 spiro atoms. The van der Waals surface area contributed by atoms with E-state index in [4.69, 9.17) is 0 Å². The van der Waals surface area contributed by atoms with Gasteiger partial charge < -0.3 is 10.6 Å². The molecular formula is C20H23FN4O2S. The van der Waals surface area contributed by atoms with Crippen molar-refractivity contribution in [1.82, 2.24) is 10.7 Å². The lowest BCUT2D eigenvalue weighted by molar-refractivity contribution is -0.122. The number of halogens is 1. The van der Waals surface area contributed by atoms with Crippen LogP contribution in [0.1, 0.15) is 33.6 Å². The molecule has 148 valence electrons. The fourth-order valence-corrected chi connectivity index (χ4v) is 4.18. The number of hydrogen-bond acceptors (Lipinski definition) is 5. The Morgan fingerprint density at radius 3 is 2.86 bits per heavy atom. The first-order chi connectivity index (χ1) is 13.2. The van der Waals surface area contributed by atoms with Gasteiger partial charge in [0, 0.05) is 6.42 Å². The van der Waals surface area contributed by atoms with Crippen molar-refractivity contribution in [2.24, 2.45) is 10.5 Å². The van der Waals surface area contributed by atoms with Gasteiger partial charge in [0.25, 0.3) is 0 Å². The average molecular weight is 402 g/mol. The Kier molecular flexibility index (Phi) is 5.88. The highest BCUT2D eigenvalue weighted by molar-refractivity contribution is 8.15. The second-order valence-electron chi connectivity index (χ2n) is 7.61. The van der Waals surface area contributed by atoms with Gasteiger partial charge in [-0.15, -0.1) is 5.10 Å². The Bertz CT molecular complexity index is 892. The zero-order chi connectivity index (χ0) is 20.3. The zero-order valence-electron chi connectivity index (χ0n) is 16.0. The molecule has 0 aromatic heterocycles. The molecule has 2 aliphatic rings. The number of nitrogens with zero attached hydrogens (tertiary/aromatic N) is 1. The molecule has 28 heavy (non-hydrogen) atoms. The maximum atomic E-state index is 13.6. The van der Waals surface area contributed by atoms with Gasteiger partial charge in [-0.25, -0.2) is 4.39 Å². The highest BCUT2D eigenvalue weighted by Gasteiger charge is 2.32. The van der Waals surface area contributed by atoms with Gasteiger partial charge in [-0.05, 0) is 37.0 Å². The lowest BCUT2D eigenvalue weighted by Gasteiger charge is -2.26. The van der Waals surface area contributed by atoms with E-state index in [2.05, 4.69) is 48.0 Å². The third kappa shape index (κ3) is 5.22. The van der Waals surface area contributed by atoms with Gasteiger partial charge in [0.2, 0.25) is 11.8 Å². The van der Waals surface area contributed by atoms with E-state index in [-0.39, 0.29) is 23.4 Å². The van der Waals surface area contributed by atoms with E-state index in [0.29, 0.717) is 5.17 Å². The van der Waals surface area contributed by atoms with Crippen LogP contribution in [-0.2, 0) is 9.59 Å². The van der Waals surface area contributed by atoms with Crippen molar-refractivity contribution < 1.29 is 14.0 Å². The van der Waals surface area contributed by atoms with Crippen LogP contribution < -0.4 is 16.1 Å². The average Bonchev–Trinajstić information content (AvgIpc) is 2.93. The van der Waals surface area contributed by atoms with Crippen LogP contribution in [0.2, 0.25) is 0 Å². The molecule has 1 fully saturated rings. The molecule has 1 saturated heterocycles. The highest BCUT2D eigenvalue weighted by Crippen LogP contribution is 2.32. The molecule has 0 saturated carbocycles. The van der Waals surface area contributed by atoms with Gasteiger partial charge in [-0.1, -0.05) is 49.4 Å². The van der Waals surface area contributed by atoms with Gasteiger partial charge >= 0.3 is 0 Å². The normalized spacial score (nSPS) is 22.4. The maximum Gasteiger partial charge on any atom is 0.240 e. The van der Waals surface area contributed by atoms with E-state index >= 15 is 0 Å². The third-order valence-electron chi connectivity index (χ3n) is 4.26. The lowest BCUT2D eigenvalue weighted by Crippen LogP contribution is -2.28. The summed E-state index contributed by atoms with van der Waals surface area (Å²) < 4.78 is 13.6. The minimum absolute atomic E-state index is 0.0424. The number of hydrogen-bond donors (Lipinski definition) is 3. The molecule has 8 heteroatoms. The molecule has 6 nitrogen and oxygen atoms in total. The van der Waals surface area contributed by atoms with Crippen molar-refractivity contribution in [2.75, 3.05) is 5.32 Å². The summed E-state index contributed by atoms with van der Waals surface area (Å²) in [6.45, 7) is 6.36. The number of thioether (sulfide) groups is 1. The molecule has 1 aliphatic carbocycles. The van der Waals surface area contributed by atoms with E-state index in [1.165, 1.54) is 29.5 Å². The van der Waals surface area contributed by atoms with Gasteiger partial charge in [0.15, 0.2) is 5.17 Å². The number of amidine groups is 1. The SMILES string of the molecule is CC1=CC(N/N=C2\NC(=O)[C@@H](CC(=O)Nc3ccccc3F)S2)=CC(C)(C)C1. The number of para-hydroxylation sites is 1. The topological polar surface area (TPSA) is 82.6 Å². The van der Waals surface area contributed by atoms with Crippen LogP contribution in [0.3, 0.4) is 0 Å². The number of carbonyl (C=O) groups excluding carboxylic acids is 2. The second-order valence-corrected chi connectivity index (χ2v) is 8.80. The summed E-state index contributed by atoms with van der Waals surface area (Å²) in [6.07, 6.45) is 5.04. The minimum Gasteiger partial charge on any atom is -0.324 e.